The van der Waals surface area contributed by atoms with Gasteiger partial charge in [-0.3, -0.25) is 0 Å². The molecule has 0 saturated heterocycles. The molecule has 2 rings (SSSR count). The third-order valence-electron chi connectivity index (χ3n) is 1.86. The fourth-order valence-corrected chi connectivity index (χ4v) is 2.79. The van der Waals surface area contributed by atoms with Crippen LogP contribution in [0.2, 0.25) is 9.36 Å². The Morgan fingerprint density at radius 2 is 2.14 bits per heavy atom. The maximum Gasteiger partial charge on any atom is 0.137 e. The van der Waals surface area contributed by atoms with E-state index in [0.717, 1.165) is 20.2 Å². The van der Waals surface area contributed by atoms with Gasteiger partial charge in [-0.15, -0.1) is 11.3 Å². The molecule has 0 radical (unpaired) electrons. The first-order valence-corrected chi connectivity index (χ1v) is 5.80. The molecule has 0 atom stereocenters. The van der Waals surface area contributed by atoms with E-state index < -0.39 is 0 Å². The lowest BCUT2D eigenvalue weighted by Gasteiger charge is -2.04. The number of thiophene rings is 1. The predicted molar refractivity (Wildman–Crippen MR) is 63.0 cm³/mol. The quantitative estimate of drug-likeness (QED) is 0.753. The van der Waals surface area contributed by atoms with Gasteiger partial charge in [0.15, 0.2) is 0 Å². The van der Waals surface area contributed by atoms with Crippen molar-refractivity contribution < 1.29 is 4.74 Å². The molecule has 0 bridgehead atoms. The second kappa shape index (κ2) is 3.97. The monoisotopic (exact) mass is 246 g/mol. The summed E-state index contributed by atoms with van der Waals surface area (Å²) < 4.78 is 7.23. The van der Waals surface area contributed by atoms with Crippen LogP contribution in [-0.4, -0.2) is 6.61 Å². The van der Waals surface area contributed by atoms with Gasteiger partial charge in [0.25, 0.3) is 0 Å². The van der Waals surface area contributed by atoms with Crippen LogP contribution < -0.4 is 4.74 Å². The highest BCUT2D eigenvalue weighted by Crippen LogP contribution is 2.39. The van der Waals surface area contributed by atoms with Crippen LogP contribution in [0, 0.1) is 0 Å². The molecule has 2 aromatic rings. The minimum absolute atomic E-state index is 0.645. The van der Waals surface area contributed by atoms with Crippen molar-refractivity contribution in [2.45, 2.75) is 6.92 Å². The maximum atomic E-state index is 6.03. The fraction of sp³-hybridized carbons (Fsp3) is 0.200. The molecule has 0 amide bonds. The molecule has 0 saturated carbocycles. The lowest BCUT2D eigenvalue weighted by atomic mass is 10.2. The van der Waals surface area contributed by atoms with Gasteiger partial charge < -0.3 is 4.74 Å². The lowest BCUT2D eigenvalue weighted by molar-refractivity contribution is 0.345. The summed E-state index contributed by atoms with van der Waals surface area (Å²) in [4.78, 5) is 0. The van der Waals surface area contributed by atoms with Crippen LogP contribution in [-0.2, 0) is 0 Å². The molecule has 0 N–H and O–H groups in total. The molecule has 0 aliphatic rings. The van der Waals surface area contributed by atoms with Crippen molar-refractivity contribution in [1.82, 2.24) is 0 Å². The second-order valence-electron chi connectivity index (χ2n) is 2.77. The van der Waals surface area contributed by atoms with E-state index >= 15 is 0 Å². The number of benzene rings is 1. The Bertz CT molecular complexity index is 464. The van der Waals surface area contributed by atoms with Gasteiger partial charge in [-0.05, 0) is 25.1 Å². The summed E-state index contributed by atoms with van der Waals surface area (Å²) in [5, 5.41) is 1.68. The Balaban J connectivity index is 2.68. The highest BCUT2D eigenvalue weighted by molar-refractivity contribution is 7.23. The first-order valence-electron chi connectivity index (χ1n) is 4.22. The molecule has 0 aliphatic heterocycles. The third-order valence-corrected chi connectivity index (χ3v) is 3.47. The van der Waals surface area contributed by atoms with E-state index in [9.17, 15) is 0 Å². The smallest absolute Gasteiger partial charge is 0.137 e. The van der Waals surface area contributed by atoms with E-state index in [1.165, 1.54) is 11.3 Å². The molecule has 0 fully saturated rings. The molecule has 0 unspecified atom stereocenters. The Morgan fingerprint density at radius 1 is 1.36 bits per heavy atom. The molecule has 1 aromatic carbocycles. The molecule has 1 nitrogen and oxygen atoms in total. The summed E-state index contributed by atoms with van der Waals surface area (Å²) in [6, 6.07) is 5.57. The SMILES string of the molecule is CCOc1ccc(Cl)c2cc(Cl)sc12. The van der Waals surface area contributed by atoms with Crippen molar-refractivity contribution >= 4 is 44.6 Å². The van der Waals surface area contributed by atoms with Gasteiger partial charge in [0.1, 0.15) is 5.75 Å². The zero-order valence-electron chi connectivity index (χ0n) is 7.51. The van der Waals surface area contributed by atoms with Crippen LogP contribution in [0.5, 0.6) is 5.75 Å². The average Bonchev–Trinajstić information content (AvgIpc) is 2.53. The Hall–Kier alpha value is -0.440. The highest BCUT2D eigenvalue weighted by Gasteiger charge is 2.09. The Kier molecular flexibility index (Phi) is 2.86. The van der Waals surface area contributed by atoms with Gasteiger partial charge in [0, 0.05) is 10.4 Å². The van der Waals surface area contributed by atoms with Crippen LogP contribution in [0.3, 0.4) is 0 Å². The van der Waals surface area contributed by atoms with Crippen molar-refractivity contribution in [1.29, 1.82) is 0 Å². The van der Waals surface area contributed by atoms with Gasteiger partial charge in [-0.25, -0.2) is 0 Å². The second-order valence-corrected chi connectivity index (χ2v) is 4.86. The van der Waals surface area contributed by atoms with E-state index in [0.29, 0.717) is 11.6 Å². The maximum absolute atomic E-state index is 6.03. The van der Waals surface area contributed by atoms with E-state index in [2.05, 4.69) is 0 Å². The zero-order valence-corrected chi connectivity index (χ0v) is 9.84. The van der Waals surface area contributed by atoms with E-state index in [-0.39, 0.29) is 0 Å². The summed E-state index contributed by atoms with van der Waals surface area (Å²) in [5.74, 6) is 0.851. The lowest BCUT2D eigenvalue weighted by Crippen LogP contribution is -1.90. The molecule has 1 aromatic heterocycles. The number of rotatable bonds is 2. The van der Waals surface area contributed by atoms with Crippen molar-refractivity contribution in [2.75, 3.05) is 6.61 Å². The van der Waals surface area contributed by atoms with Crippen LogP contribution in [0.4, 0.5) is 0 Å². The zero-order chi connectivity index (χ0) is 10.1. The average molecular weight is 247 g/mol. The van der Waals surface area contributed by atoms with E-state index in [1.54, 1.807) is 0 Å². The number of fused-ring (bicyclic) bond motifs is 1. The van der Waals surface area contributed by atoms with Crippen LogP contribution >= 0.6 is 34.5 Å². The first-order chi connectivity index (χ1) is 6.72. The molecular weight excluding hydrogens is 239 g/mol. The van der Waals surface area contributed by atoms with Gasteiger partial charge in [-0.1, -0.05) is 23.2 Å². The molecule has 0 spiro atoms. The van der Waals surface area contributed by atoms with Gasteiger partial charge in [0.2, 0.25) is 0 Å². The van der Waals surface area contributed by atoms with Gasteiger partial charge >= 0.3 is 0 Å². The summed E-state index contributed by atoms with van der Waals surface area (Å²) in [6.07, 6.45) is 0. The summed E-state index contributed by atoms with van der Waals surface area (Å²) in [6.45, 7) is 2.60. The molecule has 74 valence electrons. The largest absolute Gasteiger partial charge is 0.492 e. The Labute approximate surface area is 96.2 Å². The number of ether oxygens (including phenoxy) is 1. The van der Waals surface area contributed by atoms with E-state index in [4.69, 9.17) is 27.9 Å². The summed E-state index contributed by atoms with van der Waals surface area (Å²) in [7, 11) is 0. The fourth-order valence-electron chi connectivity index (χ4n) is 1.30. The molecule has 4 heteroatoms. The van der Waals surface area contributed by atoms with Crippen molar-refractivity contribution in [3.63, 3.8) is 0 Å². The Morgan fingerprint density at radius 3 is 2.86 bits per heavy atom. The van der Waals surface area contributed by atoms with Gasteiger partial charge in [-0.2, -0.15) is 0 Å². The van der Waals surface area contributed by atoms with Crippen LogP contribution in [0.25, 0.3) is 10.1 Å². The normalized spacial score (nSPS) is 10.8. The molecular formula is C10H8Cl2OS. The standard InChI is InChI=1S/C10H8Cl2OS/c1-2-13-8-4-3-7(11)6-5-9(12)14-10(6)8/h3-5H,2H2,1H3. The number of halogens is 2. The van der Waals surface area contributed by atoms with Crippen LogP contribution in [0.1, 0.15) is 6.92 Å². The third kappa shape index (κ3) is 1.70. The number of hydrogen-bond acceptors (Lipinski definition) is 2. The van der Waals surface area contributed by atoms with Crippen molar-refractivity contribution in [2.24, 2.45) is 0 Å². The topological polar surface area (TPSA) is 9.23 Å². The predicted octanol–water partition coefficient (Wildman–Crippen LogP) is 4.61. The van der Waals surface area contributed by atoms with Crippen LogP contribution in [0.15, 0.2) is 18.2 Å². The number of hydrogen-bond donors (Lipinski definition) is 0. The highest BCUT2D eigenvalue weighted by atomic mass is 35.5. The van der Waals surface area contributed by atoms with Crippen molar-refractivity contribution in [3.05, 3.63) is 27.6 Å². The van der Waals surface area contributed by atoms with Gasteiger partial charge in [0.05, 0.1) is 15.6 Å². The molecule has 1 heterocycles. The minimum Gasteiger partial charge on any atom is -0.492 e. The minimum atomic E-state index is 0.645. The van der Waals surface area contributed by atoms with Crippen molar-refractivity contribution in [3.8, 4) is 5.75 Å². The summed E-state index contributed by atoms with van der Waals surface area (Å²) in [5.41, 5.74) is 0. The first kappa shape index (κ1) is 10.1. The molecule has 14 heavy (non-hydrogen) atoms. The molecule has 0 aliphatic carbocycles. The van der Waals surface area contributed by atoms with E-state index in [1.807, 2.05) is 25.1 Å². The summed E-state index contributed by atoms with van der Waals surface area (Å²) >= 11 is 13.5.